The van der Waals surface area contributed by atoms with Crippen LogP contribution in [0.25, 0.3) is 21.3 Å². The Hall–Kier alpha value is -2.41. The second-order valence-corrected chi connectivity index (χ2v) is 7.11. The Morgan fingerprint density at radius 2 is 1.87 bits per heavy atom. The fourth-order valence-electron chi connectivity index (χ4n) is 2.78. The van der Waals surface area contributed by atoms with Gasteiger partial charge in [0.15, 0.2) is 5.52 Å². The molecule has 0 unspecified atom stereocenters. The molecule has 0 saturated heterocycles. The molecular weight excluding hydrogens is 434 g/mol. The minimum Gasteiger partial charge on any atom is -0.550 e. The topological polar surface area (TPSA) is 114 Å². The third-order valence-corrected chi connectivity index (χ3v) is 5.03. The summed E-state index contributed by atoms with van der Waals surface area (Å²) in [7, 11) is 0. The zero-order chi connectivity index (χ0) is 20.8. The number of fused-ring (bicyclic) bond motifs is 2. The quantitative estimate of drug-likeness (QED) is 0.341. The van der Waals surface area contributed by atoms with E-state index in [-0.39, 0.29) is 58.3 Å². The van der Waals surface area contributed by atoms with E-state index in [1.807, 2.05) is 0 Å². The van der Waals surface area contributed by atoms with E-state index in [9.17, 15) is 27.9 Å². The monoisotopic (exact) mass is 443 g/mol. The molecule has 0 aliphatic rings. The van der Waals surface area contributed by atoms with Gasteiger partial charge in [-0.1, -0.05) is 0 Å². The summed E-state index contributed by atoms with van der Waals surface area (Å²) in [5.74, 6) is -1.41. The Bertz CT molecular complexity index is 1320. The number of benzene rings is 1. The minimum absolute atomic E-state index is 0. The van der Waals surface area contributed by atoms with Crippen LogP contribution >= 0.6 is 11.3 Å². The molecule has 0 atom stereocenters. The van der Waals surface area contributed by atoms with Crippen LogP contribution in [0.1, 0.15) is 16.3 Å². The van der Waals surface area contributed by atoms with Gasteiger partial charge in [-0.15, -0.1) is 11.3 Å². The number of rotatable bonds is 4. The van der Waals surface area contributed by atoms with Crippen molar-refractivity contribution in [1.82, 2.24) is 24.7 Å². The number of nitrogens with zero attached hydrogens (tertiary/aromatic N) is 5. The van der Waals surface area contributed by atoms with Crippen molar-refractivity contribution in [3.63, 3.8) is 0 Å². The number of carboxylic acid groups (broad SMARTS) is 1. The summed E-state index contributed by atoms with van der Waals surface area (Å²) in [6.07, 6.45) is -2.48. The van der Waals surface area contributed by atoms with Gasteiger partial charge in [0.1, 0.15) is 10.5 Å². The number of aromatic nitrogens is 5. The molecule has 0 aliphatic heterocycles. The van der Waals surface area contributed by atoms with Crippen molar-refractivity contribution in [2.75, 3.05) is 0 Å². The maximum absolute atomic E-state index is 12.9. The van der Waals surface area contributed by atoms with Gasteiger partial charge in [-0.05, 0) is 18.2 Å². The molecule has 0 N–H and O–H groups in total. The molecule has 4 aromatic rings. The molecular formula is C17H9F3N5NaO3S. The first-order chi connectivity index (χ1) is 13.7. The van der Waals surface area contributed by atoms with Crippen LogP contribution in [0.15, 0.2) is 35.4 Å². The zero-order valence-electron chi connectivity index (χ0n) is 15.3. The van der Waals surface area contributed by atoms with Gasteiger partial charge in [0, 0.05) is 24.8 Å². The molecule has 1 aromatic carbocycles. The smallest absolute Gasteiger partial charge is 0.550 e. The standard InChI is InChI=1S/C17H10F3N5O3S.Na/c18-17(19,20)8-1-2-11-9(5-8)23-12(29-11)7-25-16(28)15-14(21-3-4-22-15)10(24-25)6-13(26)27;/h1-5H,6-7H2,(H,26,27);/q;+1/p-1. The van der Waals surface area contributed by atoms with Crippen molar-refractivity contribution in [1.29, 1.82) is 0 Å². The molecule has 0 bridgehead atoms. The van der Waals surface area contributed by atoms with E-state index >= 15 is 0 Å². The summed E-state index contributed by atoms with van der Waals surface area (Å²) < 4.78 is 40.1. The zero-order valence-corrected chi connectivity index (χ0v) is 18.1. The number of halogens is 3. The van der Waals surface area contributed by atoms with E-state index in [2.05, 4.69) is 20.1 Å². The Kier molecular flexibility index (Phi) is 6.22. The fraction of sp³-hybridized carbons (Fsp3) is 0.176. The summed E-state index contributed by atoms with van der Waals surface area (Å²) in [6.45, 7) is -0.161. The van der Waals surface area contributed by atoms with E-state index < -0.39 is 29.7 Å². The van der Waals surface area contributed by atoms with E-state index in [0.717, 1.165) is 28.2 Å². The van der Waals surface area contributed by atoms with Gasteiger partial charge in [-0.25, -0.2) is 14.6 Å². The second-order valence-electron chi connectivity index (χ2n) is 6.00. The SMILES string of the molecule is O=C([O-])Cc1nn(Cc2nc3cc(C(F)(F)F)ccc3s2)c(=O)c2nccnc12.[Na+]. The first kappa shape index (κ1) is 22.3. The first-order valence-corrected chi connectivity index (χ1v) is 8.91. The molecule has 0 amide bonds. The molecule has 0 fully saturated rings. The molecule has 148 valence electrons. The van der Waals surface area contributed by atoms with Gasteiger partial charge in [0.05, 0.1) is 28.0 Å². The average Bonchev–Trinajstić information content (AvgIpc) is 3.06. The number of hydrogen-bond donors (Lipinski definition) is 0. The van der Waals surface area contributed by atoms with Crippen LogP contribution in [-0.2, 0) is 23.9 Å². The Labute approximate surface area is 191 Å². The molecule has 4 rings (SSSR count). The predicted octanol–water partition coefficient (Wildman–Crippen LogP) is -1.84. The van der Waals surface area contributed by atoms with Crippen LogP contribution in [-0.4, -0.2) is 30.7 Å². The third-order valence-electron chi connectivity index (χ3n) is 4.01. The third kappa shape index (κ3) is 4.36. The van der Waals surface area contributed by atoms with E-state index in [1.54, 1.807) is 0 Å². The summed E-state index contributed by atoms with van der Waals surface area (Å²) in [5.41, 5.74) is -1.33. The summed E-state index contributed by atoms with van der Waals surface area (Å²) >= 11 is 1.10. The van der Waals surface area contributed by atoms with Crippen molar-refractivity contribution in [3.8, 4) is 0 Å². The molecule has 0 radical (unpaired) electrons. The first-order valence-electron chi connectivity index (χ1n) is 8.09. The Morgan fingerprint density at radius 3 is 2.53 bits per heavy atom. The number of thiazole rings is 1. The fourth-order valence-corrected chi connectivity index (χ4v) is 3.71. The molecule has 0 saturated carbocycles. The van der Waals surface area contributed by atoms with Crippen LogP contribution in [0, 0.1) is 0 Å². The van der Waals surface area contributed by atoms with Gasteiger partial charge < -0.3 is 9.90 Å². The van der Waals surface area contributed by atoms with Gasteiger partial charge >= 0.3 is 35.7 Å². The van der Waals surface area contributed by atoms with Gasteiger partial charge in [0.25, 0.3) is 5.56 Å². The molecule has 0 spiro atoms. The van der Waals surface area contributed by atoms with Gasteiger partial charge in [0.2, 0.25) is 0 Å². The molecule has 3 aromatic heterocycles. The van der Waals surface area contributed by atoms with E-state index in [0.29, 0.717) is 9.71 Å². The van der Waals surface area contributed by atoms with Crippen LogP contribution in [0.3, 0.4) is 0 Å². The molecule has 8 nitrogen and oxygen atoms in total. The summed E-state index contributed by atoms with van der Waals surface area (Å²) in [4.78, 5) is 35.7. The molecule has 13 heteroatoms. The second kappa shape index (κ2) is 8.38. The average molecular weight is 443 g/mol. The van der Waals surface area contributed by atoms with Crippen LogP contribution in [0.4, 0.5) is 13.2 Å². The maximum atomic E-state index is 12.9. The largest absolute Gasteiger partial charge is 1.00 e. The van der Waals surface area contributed by atoms with Gasteiger partial charge in [-0.2, -0.15) is 18.3 Å². The van der Waals surface area contributed by atoms with E-state index in [1.165, 1.54) is 18.5 Å². The van der Waals surface area contributed by atoms with Crippen molar-refractivity contribution in [2.24, 2.45) is 0 Å². The Morgan fingerprint density at radius 1 is 1.17 bits per heavy atom. The number of carboxylic acids is 1. The molecule has 30 heavy (non-hydrogen) atoms. The Balaban J connectivity index is 0.00000256. The van der Waals surface area contributed by atoms with Crippen LogP contribution < -0.4 is 40.2 Å². The van der Waals surface area contributed by atoms with Crippen molar-refractivity contribution >= 4 is 38.6 Å². The van der Waals surface area contributed by atoms with Gasteiger partial charge in [-0.3, -0.25) is 9.78 Å². The molecule has 0 aliphatic carbocycles. The normalized spacial score (nSPS) is 11.6. The van der Waals surface area contributed by atoms with E-state index in [4.69, 9.17) is 0 Å². The van der Waals surface area contributed by atoms with Crippen molar-refractivity contribution in [2.45, 2.75) is 19.1 Å². The number of hydrogen-bond acceptors (Lipinski definition) is 8. The number of alkyl halides is 3. The number of carbonyl (C=O) groups excluding carboxylic acids is 1. The van der Waals surface area contributed by atoms with Crippen molar-refractivity contribution < 1.29 is 52.6 Å². The number of carbonyl (C=O) groups is 1. The predicted molar refractivity (Wildman–Crippen MR) is 94.0 cm³/mol. The maximum Gasteiger partial charge on any atom is 1.00 e. The molecule has 3 heterocycles. The summed E-state index contributed by atoms with van der Waals surface area (Å²) in [5, 5.41) is 15.4. The van der Waals surface area contributed by atoms with Crippen LogP contribution in [0.2, 0.25) is 0 Å². The summed E-state index contributed by atoms with van der Waals surface area (Å²) in [6, 6.07) is 3.19. The van der Waals surface area contributed by atoms with Crippen LogP contribution in [0.5, 0.6) is 0 Å². The number of aliphatic carboxylic acids is 1. The minimum atomic E-state index is -4.49. The van der Waals surface area contributed by atoms with Crippen molar-refractivity contribution in [3.05, 3.63) is 57.2 Å².